The third-order valence-corrected chi connectivity index (χ3v) is 5.56. The van der Waals surface area contributed by atoms with Crippen molar-refractivity contribution in [1.29, 1.82) is 0 Å². The number of hydrogen-bond acceptors (Lipinski definition) is 4. The Kier molecular flexibility index (Phi) is 5.66. The summed E-state index contributed by atoms with van der Waals surface area (Å²) in [6.07, 6.45) is 5.45. The van der Waals surface area contributed by atoms with Crippen molar-refractivity contribution < 1.29 is 4.79 Å². The van der Waals surface area contributed by atoms with Crippen molar-refractivity contribution >= 4 is 40.9 Å². The average molecular weight is 382 g/mol. The average Bonchev–Trinajstić information content (AvgIpc) is 2.62. The van der Waals surface area contributed by atoms with Gasteiger partial charge < -0.3 is 10.2 Å². The minimum Gasteiger partial charge on any atom is -0.329 e. The summed E-state index contributed by atoms with van der Waals surface area (Å²) in [6, 6.07) is 7.23. The van der Waals surface area contributed by atoms with Gasteiger partial charge in [0, 0.05) is 36.9 Å². The van der Waals surface area contributed by atoms with E-state index in [1.165, 1.54) is 11.8 Å². The first-order valence-corrected chi connectivity index (χ1v) is 9.54. The Balaban J connectivity index is 1.95. The smallest absolute Gasteiger partial charge is 0.256 e. The molecule has 1 N–H and O–H groups in total. The third-order valence-electron chi connectivity index (χ3n) is 4.05. The van der Waals surface area contributed by atoms with Crippen LogP contribution in [0.3, 0.4) is 0 Å². The number of carbonyl (C=O) groups is 1. The normalized spacial score (nSPS) is 17.8. The molecule has 1 fully saturated rings. The first-order chi connectivity index (χ1) is 11.6. The zero-order valence-corrected chi connectivity index (χ0v) is 15.5. The number of thioether (sulfide) groups is 1. The molecule has 2 heterocycles. The third kappa shape index (κ3) is 3.54. The van der Waals surface area contributed by atoms with Gasteiger partial charge in [0.15, 0.2) is 0 Å². The molecule has 0 bridgehead atoms. The molecule has 126 valence electrons. The van der Waals surface area contributed by atoms with Gasteiger partial charge in [-0.2, -0.15) is 0 Å². The van der Waals surface area contributed by atoms with Crippen LogP contribution in [0.15, 0.2) is 41.6 Å². The van der Waals surface area contributed by atoms with E-state index in [9.17, 15) is 4.79 Å². The standard InChI is InChI=1S/C17H17Cl2N3OS/c1-24-16-7-12(13(18)8-14(16)19)17(23)22-6-5-21-10-15(22)11-3-2-4-20-9-11/h2-4,7-9,15,21H,5-6,10H2,1H3. The van der Waals surface area contributed by atoms with Crippen LogP contribution >= 0.6 is 35.0 Å². The van der Waals surface area contributed by atoms with Crippen LogP contribution in [0.5, 0.6) is 0 Å². The largest absolute Gasteiger partial charge is 0.329 e. The molecule has 3 rings (SSSR count). The van der Waals surface area contributed by atoms with Crippen molar-refractivity contribution in [2.75, 3.05) is 25.9 Å². The molecule has 1 amide bonds. The molecular weight excluding hydrogens is 365 g/mol. The van der Waals surface area contributed by atoms with Crippen molar-refractivity contribution in [2.45, 2.75) is 10.9 Å². The molecule has 0 radical (unpaired) electrons. The van der Waals surface area contributed by atoms with Gasteiger partial charge >= 0.3 is 0 Å². The summed E-state index contributed by atoms with van der Waals surface area (Å²) in [4.78, 5) is 20.0. The summed E-state index contributed by atoms with van der Waals surface area (Å²) in [5, 5.41) is 4.28. The number of pyridine rings is 1. The summed E-state index contributed by atoms with van der Waals surface area (Å²) in [5.41, 5.74) is 1.49. The van der Waals surface area contributed by atoms with Gasteiger partial charge in [-0.3, -0.25) is 9.78 Å². The maximum Gasteiger partial charge on any atom is 0.256 e. The minimum absolute atomic E-state index is 0.0653. The van der Waals surface area contributed by atoms with Crippen LogP contribution in [0.4, 0.5) is 0 Å². The highest BCUT2D eigenvalue weighted by Crippen LogP contribution is 2.33. The predicted molar refractivity (Wildman–Crippen MR) is 99.1 cm³/mol. The van der Waals surface area contributed by atoms with Gasteiger partial charge in [0.1, 0.15) is 0 Å². The van der Waals surface area contributed by atoms with E-state index in [0.29, 0.717) is 28.7 Å². The van der Waals surface area contributed by atoms with Gasteiger partial charge in [-0.25, -0.2) is 0 Å². The lowest BCUT2D eigenvalue weighted by atomic mass is 10.0. The number of nitrogens with one attached hydrogen (secondary N) is 1. The van der Waals surface area contributed by atoms with Gasteiger partial charge in [0.2, 0.25) is 0 Å². The summed E-state index contributed by atoms with van der Waals surface area (Å²) < 4.78 is 0. The second-order valence-electron chi connectivity index (χ2n) is 5.47. The number of benzene rings is 1. The number of amides is 1. The van der Waals surface area contributed by atoms with Crippen molar-refractivity contribution in [1.82, 2.24) is 15.2 Å². The molecule has 1 aromatic heterocycles. The van der Waals surface area contributed by atoms with Crippen LogP contribution in [0.1, 0.15) is 22.0 Å². The molecule has 2 aromatic rings. The maximum atomic E-state index is 13.1. The lowest BCUT2D eigenvalue weighted by Gasteiger charge is -2.36. The Morgan fingerprint density at radius 1 is 1.38 bits per heavy atom. The highest BCUT2D eigenvalue weighted by atomic mass is 35.5. The zero-order chi connectivity index (χ0) is 17.1. The van der Waals surface area contributed by atoms with Crippen LogP contribution in [0.2, 0.25) is 10.0 Å². The Morgan fingerprint density at radius 3 is 2.92 bits per heavy atom. The van der Waals surface area contributed by atoms with Crippen molar-refractivity contribution in [3.63, 3.8) is 0 Å². The number of piperazine rings is 1. The van der Waals surface area contributed by atoms with E-state index >= 15 is 0 Å². The van der Waals surface area contributed by atoms with E-state index in [4.69, 9.17) is 23.2 Å². The molecule has 1 aromatic carbocycles. The highest BCUT2D eigenvalue weighted by Gasteiger charge is 2.30. The Hall–Kier alpha value is -1.27. The fourth-order valence-corrected chi connectivity index (χ4v) is 4.01. The molecule has 1 aliphatic heterocycles. The van der Waals surface area contributed by atoms with Crippen molar-refractivity contribution in [2.24, 2.45) is 0 Å². The molecule has 4 nitrogen and oxygen atoms in total. The number of halogens is 2. The van der Waals surface area contributed by atoms with Crippen LogP contribution < -0.4 is 5.32 Å². The van der Waals surface area contributed by atoms with Crippen molar-refractivity contribution in [3.05, 3.63) is 57.8 Å². The van der Waals surface area contributed by atoms with Gasteiger partial charge in [-0.1, -0.05) is 29.3 Å². The second-order valence-corrected chi connectivity index (χ2v) is 7.13. The van der Waals surface area contributed by atoms with Gasteiger partial charge in [0.05, 0.1) is 21.7 Å². The number of nitrogens with zero attached hydrogens (tertiary/aromatic N) is 2. The molecular formula is C17H17Cl2N3OS. The number of carbonyl (C=O) groups excluding carboxylic acids is 1. The predicted octanol–water partition coefficient (Wildman–Crippen LogP) is 3.90. The first kappa shape index (κ1) is 17.5. The topological polar surface area (TPSA) is 45.2 Å². The van der Waals surface area contributed by atoms with Crippen molar-refractivity contribution in [3.8, 4) is 0 Å². The molecule has 1 atom stereocenters. The van der Waals surface area contributed by atoms with Crippen LogP contribution in [-0.4, -0.2) is 41.7 Å². The molecule has 7 heteroatoms. The quantitative estimate of drug-likeness (QED) is 0.818. The molecule has 0 aliphatic carbocycles. The molecule has 1 saturated heterocycles. The summed E-state index contributed by atoms with van der Waals surface area (Å²) >= 11 is 14.0. The van der Waals surface area contributed by atoms with Crippen LogP contribution in [-0.2, 0) is 0 Å². The van der Waals surface area contributed by atoms with E-state index in [2.05, 4.69) is 10.3 Å². The van der Waals surface area contributed by atoms with Crippen LogP contribution in [0, 0.1) is 0 Å². The fraction of sp³-hybridized carbons (Fsp3) is 0.294. The van der Waals surface area contributed by atoms with E-state index < -0.39 is 0 Å². The monoisotopic (exact) mass is 381 g/mol. The lowest BCUT2D eigenvalue weighted by molar-refractivity contribution is 0.0634. The molecule has 24 heavy (non-hydrogen) atoms. The number of rotatable bonds is 3. The summed E-state index contributed by atoms with van der Waals surface area (Å²) in [7, 11) is 0. The number of hydrogen-bond donors (Lipinski definition) is 1. The Labute approximate surface area is 155 Å². The summed E-state index contributed by atoms with van der Waals surface area (Å²) in [5.74, 6) is -0.0812. The second kappa shape index (κ2) is 7.74. The van der Waals surface area contributed by atoms with Gasteiger partial charge in [-0.15, -0.1) is 11.8 Å². The van der Waals surface area contributed by atoms with E-state index in [1.54, 1.807) is 24.5 Å². The lowest BCUT2D eigenvalue weighted by Crippen LogP contribution is -2.48. The maximum absolute atomic E-state index is 13.1. The molecule has 0 spiro atoms. The zero-order valence-electron chi connectivity index (χ0n) is 13.1. The number of aromatic nitrogens is 1. The Morgan fingerprint density at radius 2 is 2.21 bits per heavy atom. The van der Waals surface area contributed by atoms with E-state index in [1.807, 2.05) is 23.3 Å². The molecule has 1 aliphatic rings. The van der Waals surface area contributed by atoms with Crippen LogP contribution in [0.25, 0.3) is 0 Å². The SMILES string of the molecule is CSc1cc(C(=O)N2CCNCC2c2cccnc2)c(Cl)cc1Cl. The van der Waals surface area contributed by atoms with Gasteiger partial charge in [-0.05, 0) is 30.0 Å². The molecule has 0 saturated carbocycles. The molecule has 1 unspecified atom stereocenters. The first-order valence-electron chi connectivity index (χ1n) is 7.56. The minimum atomic E-state index is -0.0812. The van der Waals surface area contributed by atoms with Gasteiger partial charge in [0.25, 0.3) is 5.91 Å². The van der Waals surface area contributed by atoms with E-state index in [-0.39, 0.29) is 11.9 Å². The summed E-state index contributed by atoms with van der Waals surface area (Å²) in [6.45, 7) is 2.06. The van der Waals surface area contributed by atoms with E-state index in [0.717, 1.165) is 17.0 Å². The fourth-order valence-electron chi connectivity index (χ4n) is 2.82. The highest BCUT2D eigenvalue weighted by molar-refractivity contribution is 7.98. The Bertz CT molecular complexity index is 742.